The minimum atomic E-state index is -1.79. The van der Waals surface area contributed by atoms with Crippen LogP contribution < -0.4 is 5.32 Å². The first-order valence-electron chi connectivity index (χ1n) is 28.6. The number of carbonyl (C=O) groups excluding carboxylic acids is 1. The Morgan fingerprint density at radius 3 is 1.36 bits per heavy atom. The number of allylic oxidation sites excluding steroid dienone is 3. The molecule has 70 heavy (non-hydrogen) atoms. The van der Waals surface area contributed by atoms with Gasteiger partial charge in [0, 0.05) is 6.42 Å². The van der Waals surface area contributed by atoms with Crippen molar-refractivity contribution in [1.29, 1.82) is 0 Å². The normalized spacial score (nSPS) is 26.1. The quantitative estimate of drug-likeness (QED) is 0.0205. The van der Waals surface area contributed by atoms with Crippen LogP contribution in [0.5, 0.6) is 0 Å². The molecule has 2 heterocycles. The zero-order valence-electron chi connectivity index (χ0n) is 44.0. The minimum Gasteiger partial charge on any atom is -0.394 e. The highest BCUT2D eigenvalue weighted by Gasteiger charge is 2.51. The second-order valence-corrected chi connectivity index (χ2v) is 20.4. The second kappa shape index (κ2) is 42.8. The Balaban J connectivity index is 1.75. The van der Waals surface area contributed by atoms with E-state index in [0.717, 1.165) is 38.5 Å². The summed E-state index contributed by atoms with van der Waals surface area (Å²) in [5, 5.41) is 86.9. The first kappa shape index (κ1) is 64.6. The van der Waals surface area contributed by atoms with E-state index in [1.165, 1.54) is 167 Å². The zero-order chi connectivity index (χ0) is 51.0. The fourth-order valence-corrected chi connectivity index (χ4v) is 9.46. The maximum atomic E-state index is 13.2. The largest absolute Gasteiger partial charge is 0.394 e. The fraction of sp³-hybridized carbons (Fsp3) is 0.911. The Morgan fingerprint density at radius 2 is 0.900 bits per heavy atom. The highest BCUT2D eigenvalue weighted by Crippen LogP contribution is 2.30. The molecule has 9 N–H and O–H groups in total. The third kappa shape index (κ3) is 28.8. The molecule has 2 aliphatic rings. The Morgan fingerprint density at radius 1 is 0.500 bits per heavy atom. The van der Waals surface area contributed by atoms with Gasteiger partial charge in [0.15, 0.2) is 12.6 Å². The number of unbranched alkanes of at least 4 members (excludes halogenated alkanes) is 30. The predicted molar refractivity (Wildman–Crippen MR) is 277 cm³/mol. The van der Waals surface area contributed by atoms with Crippen molar-refractivity contribution in [3.63, 3.8) is 0 Å². The molecule has 2 rings (SSSR count). The summed E-state index contributed by atoms with van der Waals surface area (Å²) in [6, 6.07) is -0.911. The number of carbonyl (C=O) groups is 1. The van der Waals surface area contributed by atoms with Gasteiger partial charge in [-0.2, -0.15) is 0 Å². The molecule has 2 aliphatic heterocycles. The second-order valence-electron chi connectivity index (χ2n) is 20.4. The minimum absolute atomic E-state index is 0.239. The maximum Gasteiger partial charge on any atom is 0.220 e. The summed E-state index contributed by atoms with van der Waals surface area (Å²) in [5.41, 5.74) is 0. The van der Waals surface area contributed by atoms with Crippen LogP contribution in [0.3, 0.4) is 0 Å². The molecule has 14 heteroatoms. The van der Waals surface area contributed by atoms with E-state index >= 15 is 0 Å². The van der Waals surface area contributed by atoms with Crippen LogP contribution in [-0.2, 0) is 23.7 Å². The van der Waals surface area contributed by atoms with Gasteiger partial charge in [-0.15, -0.1) is 0 Å². The summed E-state index contributed by atoms with van der Waals surface area (Å²) in [4.78, 5) is 13.2. The van der Waals surface area contributed by atoms with Gasteiger partial charge in [-0.3, -0.25) is 4.79 Å². The van der Waals surface area contributed by atoms with Crippen LogP contribution in [-0.4, -0.2) is 140 Å². The molecule has 412 valence electrons. The predicted octanol–water partition coefficient (Wildman–Crippen LogP) is 8.89. The monoisotopic (exact) mass is 1000 g/mol. The summed E-state index contributed by atoms with van der Waals surface area (Å²) >= 11 is 0. The van der Waals surface area contributed by atoms with Crippen LogP contribution in [0, 0.1) is 0 Å². The molecule has 12 atom stereocenters. The van der Waals surface area contributed by atoms with Crippen molar-refractivity contribution in [2.24, 2.45) is 0 Å². The Hall–Kier alpha value is -1.53. The molecule has 0 radical (unpaired) electrons. The average Bonchev–Trinajstić information content (AvgIpc) is 3.36. The number of aliphatic hydroxyl groups is 8. The summed E-state index contributed by atoms with van der Waals surface area (Å²) in [7, 11) is 0. The summed E-state index contributed by atoms with van der Waals surface area (Å²) in [6.07, 6.45) is 32.2. The third-order valence-electron chi connectivity index (χ3n) is 14.1. The van der Waals surface area contributed by atoms with Gasteiger partial charge in [0.1, 0.15) is 48.8 Å². The van der Waals surface area contributed by atoms with Gasteiger partial charge in [0.25, 0.3) is 0 Å². The van der Waals surface area contributed by atoms with Crippen molar-refractivity contribution in [2.75, 3.05) is 19.8 Å². The molecule has 0 bridgehead atoms. The molecule has 12 unspecified atom stereocenters. The number of aliphatic hydroxyl groups excluding tert-OH is 8. The Kier molecular flexibility index (Phi) is 39.5. The lowest BCUT2D eigenvalue weighted by molar-refractivity contribution is -0.359. The van der Waals surface area contributed by atoms with E-state index in [0.29, 0.717) is 6.42 Å². The van der Waals surface area contributed by atoms with E-state index < -0.39 is 86.8 Å². The Labute approximate surface area is 424 Å². The van der Waals surface area contributed by atoms with Gasteiger partial charge >= 0.3 is 0 Å². The van der Waals surface area contributed by atoms with Crippen LogP contribution in [0.15, 0.2) is 24.3 Å². The van der Waals surface area contributed by atoms with E-state index in [2.05, 4.69) is 31.3 Å². The SMILES string of the molecule is CCCCCCCCCC/C=C\CCCCCCCCCCCCCC(=O)NC(COC1OC(CO)C(OC2OC(CO)C(O)C(O)C2O)C(O)C1O)C(O)/C=C/CCCCCCCCCCCCC. The van der Waals surface area contributed by atoms with E-state index in [9.17, 15) is 45.6 Å². The van der Waals surface area contributed by atoms with Crippen molar-refractivity contribution in [3.05, 3.63) is 24.3 Å². The van der Waals surface area contributed by atoms with Gasteiger partial charge in [-0.05, 0) is 44.9 Å². The molecular formula is C56H105NO13. The number of hydrogen-bond donors (Lipinski definition) is 9. The average molecular weight is 1000 g/mol. The summed E-state index contributed by atoms with van der Waals surface area (Å²) in [5.74, 6) is -0.239. The van der Waals surface area contributed by atoms with Crippen LogP contribution in [0.2, 0.25) is 0 Å². The number of amides is 1. The van der Waals surface area contributed by atoms with E-state index in [1.54, 1.807) is 6.08 Å². The topological polar surface area (TPSA) is 228 Å². The van der Waals surface area contributed by atoms with Crippen molar-refractivity contribution < 1.29 is 64.6 Å². The summed E-state index contributed by atoms with van der Waals surface area (Å²) in [6.45, 7) is 2.80. The molecule has 14 nitrogen and oxygen atoms in total. The molecule has 0 spiro atoms. The third-order valence-corrected chi connectivity index (χ3v) is 14.1. The van der Waals surface area contributed by atoms with E-state index in [1.807, 2.05) is 6.08 Å². The molecule has 0 aromatic carbocycles. The lowest BCUT2D eigenvalue weighted by Gasteiger charge is -2.46. The number of ether oxygens (including phenoxy) is 4. The van der Waals surface area contributed by atoms with Gasteiger partial charge in [-0.1, -0.05) is 205 Å². The molecule has 2 saturated heterocycles. The molecule has 0 aromatic heterocycles. The summed E-state index contributed by atoms with van der Waals surface area (Å²) < 4.78 is 22.7. The molecule has 2 fully saturated rings. The first-order chi connectivity index (χ1) is 34.1. The zero-order valence-corrected chi connectivity index (χ0v) is 44.0. The van der Waals surface area contributed by atoms with Crippen molar-refractivity contribution in [1.82, 2.24) is 5.32 Å². The molecule has 1 amide bonds. The van der Waals surface area contributed by atoms with Gasteiger partial charge in [0.05, 0.1) is 32.0 Å². The Bertz CT molecular complexity index is 1270. The molecule has 0 saturated carbocycles. The van der Waals surface area contributed by atoms with Gasteiger partial charge < -0.3 is 65.1 Å². The lowest BCUT2D eigenvalue weighted by atomic mass is 9.97. The van der Waals surface area contributed by atoms with Crippen LogP contribution in [0.1, 0.15) is 232 Å². The smallest absolute Gasteiger partial charge is 0.220 e. The van der Waals surface area contributed by atoms with Gasteiger partial charge in [0.2, 0.25) is 5.91 Å². The fourth-order valence-electron chi connectivity index (χ4n) is 9.46. The highest BCUT2D eigenvalue weighted by atomic mass is 16.7. The van der Waals surface area contributed by atoms with E-state index in [-0.39, 0.29) is 18.9 Å². The number of hydrogen-bond acceptors (Lipinski definition) is 13. The van der Waals surface area contributed by atoms with Crippen LogP contribution in [0.4, 0.5) is 0 Å². The van der Waals surface area contributed by atoms with Crippen molar-refractivity contribution in [2.45, 2.75) is 306 Å². The maximum absolute atomic E-state index is 13.2. The molecule has 0 aliphatic carbocycles. The van der Waals surface area contributed by atoms with Gasteiger partial charge in [-0.25, -0.2) is 0 Å². The number of rotatable bonds is 45. The lowest BCUT2D eigenvalue weighted by Crippen LogP contribution is -2.65. The van der Waals surface area contributed by atoms with Crippen molar-refractivity contribution >= 4 is 5.91 Å². The number of nitrogens with one attached hydrogen (secondary N) is 1. The molecular weight excluding hydrogens is 895 g/mol. The van der Waals surface area contributed by atoms with Crippen LogP contribution >= 0.6 is 0 Å². The highest BCUT2D eigenvalue weighted by molar-refractivity contribution is 5.76. The first-order valence-corrected chi connectivity index (χ1v) is 28.6. The van der Waals surface area contributed by atoms with Crippen molar-refractivity contribution in [3.8, 4) is 0 Å². The standard InChI is InChI=1S/C56H105NO13/c1-3-5-7-9-11-13-15-17-18-19-20-21-22-23-24-25-26-28-30-32-34-36-38-40-48(61)57-44(45(60)39-37-35-33-31-29-27-16-14-12-10-8-6-4-2)43-67-55-53(66)51(64)54(47(42-59)69-55)70-56-52(65)50(63)49(62)46(41-58)68-56/h19-20,37,39,44-47,49-56,58-60,62-66H,3-18,21-36,38,40-43H2,1-2H3,(H,57,61)/b20-19-,39-37+. The van der Waals surface area contributed by atoms with E-state index in [4.69, 9.17) is 18.9 Å². The molecule has 0 aromatic rings. The van der Waals surface area contributed by atoms with Crippen LogP contribution in [0.25, 0.3) is 0 Å².